The molecule has 0 aromatic rings. The molecule has 0 unspecified atom stereocenters. The highest BCUT2D eigenvalue weighted by Gasteiger charge is 2.30. The zero-order valence-corrected chi connectivity index (χ0v) is 13.6. The maximum Gasteiger partial charge on any atom is 0.329 e. The summed E-state index contributed by atoms with van der Waals surface area (Å²) in [6.45, 7) is 2.51. The molecule has 9 heteroatoms. The van der Waals surface area contributed by atoms with E-state index in [4.69, 9.17) is 4.84 Å². The zero-order chi connectivity index (χ0) is 16.2. The van der Waals surface area contributed by atoms with Gasteiger partial charge in [-0.3, -0.25) is 9.59 Å². The molecule has 0 radical (unpaired) electrons. The van der Waals surface area contributed by atoms with Crippen LogP contribution in [0.2, 0.25) is 0 Å². The van der Waals surface area contributed by atoms with E-state index < -0.39 is 16.2 Å². The molecule has 1 saturated heterocycles. The third-order valence-corrected chi connectivity index (χ3v) is 5.55. The fraction of sp³-hybridized carbons (Fsp3) is 0.846. The summed E-state index contributed by atoms with van der Waals surface area (Å²) >= 11 is 0. The fourth-order valence-electron chi connectivity index (χ4n) is 2.81. The normalized spacial score (nSPS) is 21.6. The van der Waals surface area contributed by atoms with E-state index in [1.165, 1.54) is 11.2 Å². The van der Waals surface area contributed by atoms with Crippen LogP contribution in [0.25, 0.3) is 0 Å². The van der Waals surface area contributed by atoms with Crippen molar-refractivity contribution in [3.05, 3.63) is 0 Å². The van der Waals surface area contributed by atoms with Gasteiger partial charge in [-0.2, -0.15) is 12.7 Å². The molecule has 2 rings (SSSR count). The van der Waals surface area contributed by atoms with Crippen LogP contribution < -0.4 is 4.89 Å². The van der Waals surface area contributed by atoms with Gasteiger partial charge >= 0.3 is 16.2 Å². The molecule has 1 aliphatic carbocycles. The molecule has 2 aliphatic rings. The van der Waals surface area contributed by atoms with Gasteiger partial charge in [-0.1, -0.05) is 19.3 Å². The molecule has 1 heterocycles. The minimum absolute atomic E-state index is 0.0752. The minimum atomic E-state index is -3.86. The second kappa shape index (κ2) is 7.38. The van der Waals surface area contributed by atoms with Crippen molar-refractivity contribution in [1.82, 2.24) is 14.1 Å². The van der Waals surface area contributed by atoms with Gasteiger partial charge in [-0.25, -0.2) is 0 Å². The van der Waals surface area contributed by atoms with Gasteiger partial charge < -0.3 is 9.74 Å². The van der Waals surface area contributed by atoms with E-state index in [9.17, 15) is 18.0 Å². The Labute approximate surface area is 130 Å². The summed E-state index contributed by atoms with van der Waals surface area (Å²) in [5.41, 5.74) is 0. The number of carbonyl (C=O) groups is 2. The van der Waals surface area contributed by atoms with Crippen molar-refractivity contribution in [2.45, 2.75) is 39.0 Å². The predicted octanol–water partition coefficient (Wildman–Crippen LogP) is 0.0234. The minimum Gasteiger partial charge on any atom is -0.354 e. The first kappa shape index (κ1) is 17.2. The number of rotatable bonds is 4. The molecule has 1 saturated carbocycles. The molecule has 0 bridgehead atoms. The van der Waals surface area contributed by atoms with Crippen LogP contribution in [-0.2, 0) is 24.6 Å². The fourth-order valence-corrected chi connectivity index (χ4v) is 3.75. The summed E-state index contributed by atoms with van der Waals surface area (Å²) in [6, 6.07) is 0. The molecule has 0 aromatic heterocycles. The lowest BCUT2D eigenvalue weighted by Crippen LogP contribution is -2.53. The third-order valence-electron chi connectivity index (χ3n) is 4.21. The van der Waals surface area contributed by atoms with Crippen LogP contribution >= 0.6 is 0 Å². The number of piperazine rings is 1. The first-order valence-electron chi connectivity index (χ1n) is 7.63. The summed E-state index contributed by atoms with van der Waals surface area (Å²) in [7, 11) is -3.86. The summed E-state index contributed by atoms with van der Waals surface area (Å²) in [6.07, 6.45) is 4.55. The zero-order valence-electron chi connectivity index (χ0n) is 12.8. The second-order valence-corrected chi connectivity index (χ2v) is 7.38. The Hall–Kier alpha value is -1.19. The average Bonchev–Trinajstić information content (AvgIpc) is 2.53. The summed E-state index contributed by atoms with van der Waals surface area (Å²) < 4.78 is 25.3. The van der Waals surface area contributed by atoms with Crippen LogP contribution in [0.1, 0.15) is 39.0 Å². The van der Waals surface area contributed by atoms with Gasteiger partial charge in [0.05, 0.1) is 5.92 Å². The Morgan fingerprint density at radius 2 is 1.64 bits per heavy atom. The molecule has 22 heavy (non-hydrogen) atoms. The number of nitrogens with one attached hydrogen (secondary N) is 1. The molecule has 0 spiro atoms. The van der Waals surface area contributed by atoms with Crippen LogP contribution in [-0.4, -0.2) is 55.7 Å². The lowest BCUT2D eigenvalue weighted by molar-refractivity contribution is -0.153. The number of hydrogen-bond acceptors (Lipinski definition) is 5. The van der Waals surface area contributed by atoms with Gasteiger partial charge in [0.15, 0.2) is 0 Å². The van der Waals surface area contributed by atoms with E-state index in [1.807, 2.05) is 4.89 Å². The van der Waals surface area contributed by atoms with E-state index in [0.717, 1.165) is 32.1 Å². The Balaban J connectivity index is 1.81. The molecule has 2 fully saturated rings. The van der Waals surface area contributed by atoms with Crippen LogP contribution in [0.15, 0.2) is 0 Å². The summed E-state index contributed by atoms with van der Waals surface area (Å²) in [5, 5.41) is 0. The summed E-state index contributed by atoms with van der Waals surface area (Å²) in [4.78, 5) is 31.3. The van der Waals surface area contributed by atoms with Crippen molar-refractivity contribution in [1.29, 1.82) is 0 Å². The van der Waals surface area contributed by atoms with Crippen LogP contribution in [0.4, 0.5) is 0 Å². The van der Waals surface area contributed by atoms with Gasteiger partial charge in [0, 0.05) is 33.1 Å². The number of carbonyl (C=O) groups excluding carboxylic acids is 2. The maximum atomic E-state index is 12.1. The van der Waals surface area contributed by atoms with E-state index in [2.05, 4.69) is 0 Å². The average molecular weight is 333 g/mol. The highest BCUT2D eigenvalue weighted by molar-refractivity contribution is 7.87. The molecule has 1 N–H and O–H groups in total. The van der Waals surface area contributed by atoms with E-state index in [1.54, 1.807) is 4.90 Å². The highest BCUT2D eigenvalue weighted by atomic mass is 32.2. The van der Waals surface area contributed by atoms with Crippen molar-refractivity contribution in [2.24, 2.45) is 5.92 Å². The van der Waals surface area contributed by atoms with Crippen LogP contribution in [0.3, 0.4) is 0 Å². The third kappa shape index (κ3) is 4.40. The SMILES string of the molecule is CC(=O)N1CCN(S(=O)(=O)NOC(=O)C2CCCCC2)CC1. The van der Waals surface area contributed by atoms with Crippen molar-refractivity contribution >= 4 is 22.1 Å². The largest absolute Gasteiger partial charge is 0.354 e. The molecular formula is C13H23N3O5S. The van der Waals surface area contributed by atoms with Crippen molar-refractivity contribution in [3.63, 3.8) is 0 Å². The standard InChI is InChI=1S/C13H23N3O5S/c1-11(17)15-7-9-16(10-8-15)22(19,20)14-21-13(18)12-5-3-2-4-6-12/h12,14H,2-10H2,1H3. The molecule has 126 valence electrons. The molecule has 0 atom stereocenters. The van der Waals surface area contributed by atoms with E-state index >= 15 is 0 Å². The smallest absolute Gasteiger partial charge is 0.329 e. The lowest BCUT2D eigenvalue weighted by Gasteiger charge is -2.33. The quantitative estimate of drug-likeness (QED) is 0.732. The summed E-state index contributed by atoms with van der Waals surface area (Å²) in [5.74, 6) is -0.801. The van der Waals surface area contributed by atoms with Gasteiger partial charge in [0.25, 0.3) is 0 Å². The van der Waals surface area contributed by atoms with E-state index in [-0.39, 0.29) is 24.9 Å². The highest BCUT2D eigenvalue weighted by Crippen LogP contribution is 2.24. The van der Waals surface area contributed by atoms with Crippen LogP contribution in [0, 0.1) is 5.92 Å². The van der Waals surface area contributed by atoms with Gasteiger partial charge in [0.2, 0.25) is 5.91 Å². The molecule has 8 nitrogen and oxygen atoms in total. The topological polar surface area (TPSA) is 96.0 Å². The monoisotopic (exact) mass is 333 g/mol. The second-order valence-electron chi connectivity index (χ2n) is 5.75. The maximum absolute atomic E-state index is 12.1. The Morgan fingerprint density at radius 1 is 1.05 bits per heavy atom. The first-order chi connectivity index (χ1) is 10.4. The van der Waals surface area contributed by atoms with Gasteiger partial charge in [-0.15, -0.1) is 0 Å². The van der Waals surface area contributed by atoms with Gasteiger partial charge in [0.1, 0.15) is 0 Å². The Kier molecular flexibility index (Phi) is 5.76. The Morgan fingerprint density at radius 3 is 2.18 bits per heavy atom. The van der Waals surface area contributed by atoms with Crippen molar-refractivity contribution in [2.75, 3.05) is 26.2 Å². The molecular weight excluding hydrogens is 310 g/mol. The predicted molar refractivity (Wildman–Crippen MR) is 78.5 cm³/mol. The Bertz CT molecular complexity index is 508. The van der Waals surface area contributed by atoms with Crippen molar-refractivity contribution < 1.29 is 22.8 Å². The van der Waals surface area contributed by atoms with Crippen LogP contribution in [0.5, 0.6) is 0 Å². The van der Waals surface area contributed by atoms with E-state index in [0.29, 0.717) is 13.1 Å². The molecule has 0 aromatic carbocycles. The number of amides is 1. The first-order valence-corrected chi connectivity index (χ1v) is 9.07. The van der Waals surface area contributed by atoms with Gasteiger partial charge in [-0.05, 0) is 17.7 Å². The van der Waals surface area contributed by atoms with Crippen molar-refractivity contribution in [3.8, 4) is 0 Å². The number of hydrogen-bond donors (Lipinski definition) is 1. The molecule has 1 amide bonds. The number of nitrogens with zero attached hydrogens (tertiary/aromatic N) is 2. The lowest BCUT2D eigenvalue weighted by atomic mass is 9.89. The molecule has 1 aliphatic heterocycles.